The van der Waals surface area contributed by atoms with Crippen LogP contribution in [0.2, 0.25) is 0 Å². The Hall–Kier alpha value is -1.04. The molecule has 0 aliphatic heterocycles. The van der Waals surface area contributed by atoms with Crippen LogP contribution in [-0.2, 0) is 0 Å². The number of methoxy groups -OCH3 is 1. The molecule has 0 radical (unpaired) electrons. The first-order valence-electron chi connectivity index (χ1n) is 3.58. The van der Waals surface area contributed by atoms with Crippen molar-refractivity contribution in [3.8, 4) is 5.75 Å². The van der Waals surface area contributed by atoms with Crippen LogP contribution >= 0.6 is 15.9 Å². The highest BCUT2D eigenvalue weighted by atomic mass is 79.9. The predicted molar refractivity (Wildman–Crippen MR) is 48.8 cm³/mol. The SMILES string of the molecule is COc1c(C(F)F)cc(C=O)nc1Br. The van der Waals surface area contributed by atoms with Gasteiger partial charge in [0.15, 0.2) is 12.0 Å². The maximum absolute atomic E-state index is 12.5. The molecule has 1 rings (SSSR count). The third-order valence-corrected chi connectivity index (χ3v) is 2.08. The number of alkyl halides is 2. The number of ether oxygens (including phenoxy) is 1. The maximum Gasteiger partial charge on any atom is 0.267 e. The standard InChI is InChI=1S/C8H6BrF2NO2/c1-14-6-5(8(10)11)2-4(3-13)12-7(6)9/h2-3,8H,1H3. The molecule has 6 heteroatoms. The van der Waals surface area contributed by atoms with Crippen LogP contribution in [0.15, 0.2) is 10.7 Å². The second-order valence-corrected chi connectivity index (χ2v) is 3.13. The first-order valence-corrected chi connectivity index (χ1v) is 4.37. The lowest BCUT2D eigenvalue weighted by molar-refractivity contribution is 0.111. The van der Waals surface area contributed by atoms with E-state index in [-0.39, 0.29) is 21.6 Å². The zero-order valence-electron chi connectivity index (χ0n) is 7.13. The first-order chi connectivity index (χ1) is 6.60. The smallest absolute Gasteiger partial charge is 0.267 e. The minimum Gasteiger partial charge on any atom is -0.493 e. The van der Waals surface area contributed by atoms with Crippen molar-refractivity contribution in [3.63, 3.8) is 0 Å². The molecule has 0 unspecified atom stereocenters. The van der Waals surface area contributed by atoms with Gasteiger partial charge in [0.25, 0.3) is 6.43 Å². The number of nitrogens with zero attached hydrogens (tertiary/aromatic N) is 1. The minimum atomic E-state index is -2.71. The summed E-state index contributed by atoms with van der Waals surface area (Å²) in [6.45, 7) is 0. The Balaban J connectivity index is 3.35. The summed E-state index contributed by atoms with van der Waals surface area (Å²) < 4.78 is 29.8. The molecule has 1 heterocycles. The fourth-order valence-electron chi connectivity index (χ4n) is 0.965. The van der Waals surface area contributed by atoms with Crippen molar-refractivity contribution in [1.29, 1.82) is 0 Å². The molecule has 3 nitrogen and oxygen atoms in total. The zero-order valence-corrected chi connectivity index (χ0v) is 8.72. The number of hydrogen-bond acceptors (Lipinski definition) is 3. The molecule has 0 saturated carbocycles. The quantitative estimate of drug-likeness (QED) is 0.623. The van der Waals surface area contributed by atoms with Gasteiger partial charge in [0.2, 0.25) is 0 Å². The monoisotopic (exact) mass is 265 g/mol. The number of rotatable bonds is 3. The van der Waals surface area contributed by atoms with Gasteiger partial charge in [-0.3, -0.25) is 4.79 Å². The van der Waals surface area contributed by atoms with Crippen LogP contribution in [-0.4, -0.2) is 18.4 Å². The van der Waals surface area contributed by atoms with E-state index in [2.05, 4.69) is 20.9 Å². The van der Waals surface area contributed by atoms with Crippen LogP contribution in [0.5, 0.6) is 5.75 Å². The highest BCUT2D eigenvalue weighted by molar-refractivity contribution is 9.10. The Labute approximate surface area is 87.2 Å². The van der Waals surface area contributed by atoms with E-state index in [1.165, 1.54) is 7.11 Å². The number of halogens is 3. The van der Waals surface area contributed by atoms with Crippen LogP contribution < -0.4 is 4.74 Å². The van der Waals surface area contributed by atoms with Gasteiger partial charge in [-0.1, -0.05) is 0 Å². The Morgan fingerprint density at radius 3 is 2.71 bits per heavy atom. The lowest BCUT2D eigenvalue weighted by Gasteiger charge is -2.09. The van der Waals surface area contributed by atoms with E-state index < -0.39 is 6.43 Å². The Kier molecular flexibility index (Phi) is 3.51. The maximum atomic E-state index is 12.5. The largest absolute Gasteiger partial charge is 0.493 e. The molecule has 76 valence electrons. The van der Waals surface area contributed by atoms with Gasteiger partial charge in [-0.15, -0.1) is 0 Å². The molecule has 0 atom stereocenters. The molecule has 0 saturated heterocycles. The summed E-state index contributed by atoms with van der Waals surface area (Å²) in [6, 6.07) is 1.00. The summed E-state index contributed by atoms with van der Waals surface area (Å²) in [5.41, 5.74) is -0.413. The molecule has 14 heavy (non-hydrogen) atoms. The minimum absolute atomic E-state index is 0.0504. The molecule has 1 aromatic heterocycles. The van der Waals surface area contributed by atoms with Gasteiger partial charge in [-0.05, 0) is 22.0 Å². The Morgan fingerprint density at radius 2 is 2.29 bits per heavy atom. The van der Waals surface area contributed by atoms with E-state index in [4.69, 9.17) is 4.74 Å². The summed E-state index contributed by atoms with van der Waals surface area (Å²) in [7, 11) is 1.26. The van der Waals surface area contributed by atoms with Crippen LogP contribution in [0, 0.1) is 0 Å². The van der Waals surface area contributed by atoms with E-state index >= 15 is 0 Å². The third-order valence-electron chi connectivity index (χ3n) is 1.54. The topological polar surface area (TPSA) is 39.2 Å². The summed E-state index contributed by atoms with van der Waals surface area (Å²) >= 11 is 2.94. The number of aldehydes is 1. The van der Waals surface area contributed by atoms with Crippen molar-refractivity contribution in [2.24, 2.45) is 0 Å². The van der Waals surface area contributed by atoms with Crippen molar-refractivity contribution in [2.75, 3.05) is 7.11 Å². The number of carbonyl (C=O) groups is 1. The Morgan fingerprint density at radius 1 is 1.64 bits per heavy atom. The van der Waals surface area contributed by atoms with Crippen molar-refractivity contribution >= 4 is 22.2 Å². The van der Waals surface area contributed by atoms with Gasteiger partial charge in [0.1, 0.15) is 10.3 Å². The Bertz CT molecular complexity index is 357. The molecule has 0 N–H and O–H groups in total. The number of hydrogen-bond donors (Lipinski definition) is 0. The summed E-state index contributed by atoms with van der Waals surface area (Å²) in [4.78, 5) is 14.1. The van der Waals surface area contributed by atoms with Crippen LogP contribution in [0.1, 0.15) is 22.5 Å². The number of pyridine rings is 1. The normalized spacial score (nSPS) is 10.4. The first kappa shape index (κ1) is 11.0. The predicted octanol–water partition coefficient (Wildman–Crippen LogP) is 2.60. The van der Waals surface area contributed by atoms with E-state index in [1.54, 1.807) is 0 Å². The van der Waals surface area contributed by atoms with Gasteiger partial charge >= 0.3 is 0 Å². The second kappa shape index (κ2) is 4.45. The summed E-state index contributed by atoms with van der Waals surface area (Å²) in [5.74, 6) is -0.0504. The van der Waals surface area contributed by atoms with E-state index in [0.717, 1.165) is 6.07 Å². The van der Waals surface area contributed by atoms with Gasteiger partial charge in [0, 0.05) is 0 Å². The van der Waals surface area contributed by atoms with E-state index in [1.807, 2.05) is 0 Å². The van der Waals surface area contributed by atoms with Crippen LogP contribution in [0.3, 0.4) is 0 Å². The van der Waals surface area contributed by atoms with Crippen LogP contribution in [0.4, 0.5) is 8.78 Å². The van der Waals surface area contributed by atoms with Gasteiger partial charge in [-0.2, -0.15) is 0 Å². The molecule has 0 amide bonds. The number of carbonyl (C=O) groups excluding carboxylic acids is 1. The zero-order chi connectivity index (χ0) is 10.7. The summed E-state index contributed by atoms with van der Waals surface area (Å²) in [5, 5.41) is 0. The van der Waals surface area contributed by atoms with Gasteiger partial charge < -0.3 is 4.74 Å². The van der Waals surface area contributed by atoms with Crippen molar-refractivity contribution < 1.29 is 18.3 Å². The molecule has 0 aliphatic rings. The fraction of sp³-hybridized carbons (Fsp3) is 0.250. The molecule has 0 fully saturated rings. The average Bonchev–Trinajstić information content (AvgIpc) is 2.16. The summed E-state index contributed by atoms with van der Waals surface area (Å²) in [6.07, 6.45) is -2.31. The second-order valence-electron chi connectivity index (χ2n) is 2.38. The highest BCUT2D eigenvalue weighted by Crippen LogP contribution is 2.34. The molecular formula is C8H6BrF2NO2. The molecule has 1 aromatic rings. The molecule has 0 aromatic carbocycles. The van der Waals surface area contributed by atoms with Crippen molar-refractivity contribution in [1.82, 2.24) is 4.98 Å². The molecular weight excluding hydrogens is 260 g/mol. The van der Waals surface area contributed by atoms with Crippen LogP contribution in [0.25, 0.3) is 0 Å². The van der Waals surface area contributed by atoms with Crippen molar-refractivity contribution in [3.05, 3.63) is 21.9 Å². The van der Waals surface area contributed by atoms with Gasteiger partial charge in [0.05, 0.1) is 12.7 Å². The lowest BCUT2D eigenvalue weighted by Crippen LogP contribution is -1.99. The molecule has 0 spiro atoms. The fourth-order valence-corrected chi connectivity index (χ4v) is 1.56. The van der Waals surface area contributed by atoms with Gasteiger partial charge in [-0.25, -0.2) is 13.8 Å². The molecule has 0 bridgehead atoms. The third kappa shape index (κ3) is 2.06. The molecule has 0 aliphatic carbocycles. The lowest BCUT2D eigenvalue weighted by atomic mass is 10.2. The average molecular weight is 266 g/mol. The van der Waals surface area contributed by atoms with E-state index in [9.17, 15) is 13.6 Å². The van der Waals surface area contributed by atoms with Crippen molar-refractivity contribution in [2.45, 2.75) is 6.43 Å². The highest BCUT2D eigenvalue weighted by Gasteiger charge is 2.18. The number of aromatic nitrogens is 1. The van der Waals surface area contributed by atoms with E-state index in [0.29, 0.717) is 6.29 Å².